The molecule has 3 aromatic rings. The van der Waals surface area contributed by atoms with Gasteiger partial charge in [-0.1, -0.05) is 48.2 Å². The number of anilines is 1. The van der Waals surface area contributed by atoms with Crippen molar-refractivity contribution < 1.29 is 4.79 Å². The van der Waals surface area contributed by atoms with E-state index < -0.39 is 0 Å². The summed E-state index contributed by atoms with van der Waals surface area (Å²) in [4.78, 5) is 14.2. The molecule has 0 spiro atoms. The lowest BCUT2D eigenvalue weighted by Crippen LogP contribution is -2.27. The zero-order valence-electron chi connectivity index (χ0n) is 14.6. The average molecular weight is 364 g/mol. The molecule has 1 saturated carbocycles. The van der Waals surface area contributed by atoms with Crippen LogP contribution in [0.1, 0.15) is 24.6 Å². The molecule has 1 aliphatic rings. The van der Waals surface area contributed by atoms with E-state index in [1.165, 1.54) is 11.8 Å². The van der Waals surface area contributed by atoms with Gasteiger partial charge in [0.15, 0.2) is 5.16 Å². The Bertz CT molecular complexity index is 891. The lowest BCUT2D eigenvalue weighted by molar-refractivity contribution is -0.115. The number of carbonyl (C=O) groups excluding carboxylic acids is 1. The van der Waals surface area contributed by atoms with E-state index in [-0.39, 0.29) is 5.91 Å². The lowest BCUT2D eigenvalue weighted by atomic mass is 10.3. The number of hydrogen-bond donors (Lipinski definition) is 0. The Balaban J connectivity index is 1.53. The minimum Gasteiger partial charge on any atom is -0.315 e. The number of hydrogen-bond acceptors (Lipinski definition) is 4. The molecule has 0 aliphatic heterocycles. The molecule has 1 aromatic heterocycles. The summed E-state index contributed by atoms with van der Waals surface area (Å²) in [6.07, 6.45) is 2.32. The standard InChI is InChI=1S/C20H20N4OS/c1-23(16-8-4-2-5-9-16)18(25)14-26-20-22-21-19(15-12-13-15)24(20)17-10-6-3-7-11-17/h2-11,15H,12-14H2,1H3. The van der Waals surface area contributed by atoms with Crippen LogP contribution in [0.25, 0.3) is 5.69 Å². The molecule has 0 radical (unpaired) electrons. The summed E-state index contributed by atoms with van der Waals surface area (Å²) in [6, 6.07) is 19.8. The Morgan fingerprint density at radius 3 is 2.38 bits per heavy atom. The first-order valence-electron chi connectivity index (χ1n) is 8.69. The van der Waals surface area contributed by atoms with Gasteiger partial charge in [-0.25, -0.2) is 0 Å². The van der Waals surface area contributed by atoms with E-state index in [1.807, 2.05) is 48.5 Å². The summed E-state index contributed by atoms with van der Waals surface area (Å²) in [5.41, 5.74) is 1.94. The van der Waals surface area contributed by atoms with Crippen molar-refractivity contribution in [3.8, 4) is 5.69 Å². The summed E-state index contributed by atoms with van der Waals surface area (Å²) in [5, 5.41) is 9.54. The summed E-state index contributed by atoms with van der Waals surface area (Å²) < 4.78 is 2.10. The van der Waals surface area contributed by atoms with Gasteiger partial charge < -0.3 is 4.90 Å². The average Bonchev–Trinajstić information content (AvgIpc) is 3.46. The Kier molecular flexibility index (Phi) is 4.75. The van der Waals surface area contributed by atoms with Crippen molar-refractivity contribution in [2.75, 3.05) is 17.7 Å². The molecule has 132 valence electrons. The molecule has 0 N–H and O–H groups in total. The van der Waals surface area contributed by atoms with Crippen molar-refractivity contribution in [3.63, 3.8) is 0 Å². The molecule has 5 nitrogen and oxygen atoms in total. The maximum atomic E-state index is 12.6. The molecule has 2 aromatic carbocycles. The third-order valence-electron chi connectivity index (χ3n) is 4.46. The van der Waals surface area contributed by atoms with Crippen LogP contribution >= 0.6 is 11.8 Å². The summed E-state index contributed by atoms with van der Waals surface area (Å²) in [6.45, 7) is 0. The fraction of sp³-hybridized carbons (Fsp3) is 0.250. The largest absolute Gasteiger partial charge is 0.315 e. The molecular weight excluding hydrogens is 344 g/mol. The highest BCUT2D eigenvalue weighted by Gasteiger charge is 2.31. The first kappa shape index (κ1) is 16.8. The Hall–Kier alpha value is -2.60. The van der Waals surface area contributed by atoms with Gasteiger partial charge in [0.25, 0.3) is 0 Å². The topological polar surface area (TPSA) is 51.0 Å². The predicted octanol–water partition coefficient (Wildman–Crippen LogP) is 3.90. The normalized spacial score (nSPS) is 13.6. The summed E-state index contributed by atoms with van der Waals surface area (Å²) >= 11 is 1.44. The van der Waals surface area contributed by atoms with E-state index in [4.69, 9.17) is 0 Å². The second-order valence-electron chi connectivity index (χ2n) is 6.36. The van der Waals surface area contributed by atoms with E-state index in [1.54, 1.807) is 11.9 Å². The van der Waals surface area contributed by atoms with E-state index in [9.17, 15) is 4.79 Å². The van der Waals surface area contributed by atoms with Crippen LogP contribution in [0, 0.1) is 0 Å². The fourth-order valence-electron chi connectivity index (χ4n) is 2.82. The quantitative estimate of drug-likeness (QED) is 0.623. The second-order valence-corrected chi connectivity index (χ2v) is 7.31. The third-order valence-corrected chi connectivity index (χ3v) is 5.37. The Labute approximate surface area is 157 Å². The van der Waals surface area contributed by atoms with Gasteiger partial charge in [-0.3, -0.25) is 9.36 Å². The third kappa shape index (κ3) is 3.51. The first-order chi connectivity index (χ1) is 12.7. The van der Waals surface area contributed by atoms with Gasteiger partial charge in [0.1, 0.15) is 5.82 Å². The van der Waals surface area contributed by atoms with Gasteiger partial charge in [-0.2, -0.15) is 0 Å². The van der Waals surface area contributed by atoms with E-state index in [0.717, 1.165) is 35.2 Å². The molecule has 1 fully saturated rings. The van der Waals surface area contributed by atoms with E-state index >= 15 is 0 Å². The Morgan fingerprint density at radius 2 is 1.73 bits per heavy atom. The number of benzene rings is 2. The molecular formula is C20H20N4OS. The van der Waals surface area contributed by atoms with Crippen LogP contribution in [-0.4, -0.2) is 33.5 Å². The first-order valence-corrected chi connectivity index (χ1v) is 9.68. The van der Waals surface area contributed by atoms with Crippen LogP contribution in [0.15, 0.2) is 65.8 Å². The number of thioether (sulfide) groups is 1. The molecule has 0 unspecified atom stereocenters. The van der Waals surface area contributed by atoms with Crippen LogP contribution < -0.4 is 4.90 Å². The number of carbonyl (C=O) groups is 1. The molecule has 1 heterocycles. The molecule has 0 bridgehead atoms. The van der Waals surface area contributed by atoms with Crippen LogP contribution in [-0.2, 0) is 4.79 Å². The van der Waals surface area contributed by atoms with E-state index in [2.05, 4.69) is 26.9 Å². The number of nitrogens with zero attached hydrogens (tertiary/aromatic N) is 4. The van der Waals surface area contributed by atoms with Gasteiger partial charge in [0, 0.05) is 24.3 Å². The van der Waals surface area contributed by atoms with Crippen molar-refractivity contribution >= 4 is 23.4 Å². The zero-order valence-corrected chi connectivity index (χ0v) is 15.4. The van der Waals surface area contributed by atoms with E-state index in [0.29, 0.717) is 11.7 Å². The van der Waals surface area contributed by atoms with Gasteiger partial charge in [0.05, 0.1) is 5.75 Å². The maximum absolute atomic E-state index is 12.6. The van der Waals surface area contributed by atoms with Crippen LogP contribution in [0.5, 0.6) is 0 Å². The maximum Gasteiger partial charge on any atom is 0.237 e. The molecule has 6 heteroatoms. The smallest absolute Gasteiger partial charge is 0.237 e. The van der Waals surface area contributed by atoms with Crippen LogP contribution in [0.2, 0.25) is 0 Å². The summed E-state index contributed by atoms with van der Waals surface area (Å²) in [5.74, 6) is 1.85. The molecule has 26 heavy (non-hydrogen) atoms. The zero-order chi connectivity index (χ0) is 17.9. The number of aromatic nitrogens is 3. The highest BCUT2D eigenvalue weighted by atomic mass is 32.2. The molecule has 1 amide bonds. The summed E-state index contributed by atoms with van der Waals surface area (Å²) in [7, 11) is 1.80. The SMILES string of the molecule is CN(C(=O)CSc1nnc(C2CC2)n1-c1ccccc1)c1ccccc1. The predicted molar refractivity (Wildman–Crippen MR) is 104 cm³/mol. The molecule has 1 aliphatic carbocycles. The monoisotopic (exact) mass is 364 g/mol. The van der Waals surface area contributed by atoms with Gasteiger partial charge in [-0.05, 0) is 37.1 Å². The Morgan fingerprint density at radius 1 is 1.08 bits per heavy atom. The molecule has 0 atom stereocenters. The lowest BCUT2D eigenvalue weighted by Gasteiger charge is -2.17. The van der Waals surface area contributed by atoms with Gasteiger partial charge >= 0.3 is 0 Å². The van der Waals surface area contributed by atoms with Gasteiger partial charge in [0.2, 0.25) is 5.91 Å². The van der Waals surface area contributed by atoms with Crippen molar-refractivity contribution in [2.45, 2.75) is 23.9 Å². The van der Waals surface area contributed by atoms with Crippen molar-refractivity contribution in [2.24, 2.45) is 0 Å². The number of para-hydroxylation sites is 2. The van der Waals surface area contributed by atoms with Crippen molar-refractivity contribution in [1.82, 2.24) is 14.8 Å². The minimum absolute atomic E-state index is 0.0387. The van der Waals surface area contributed by atoms with Crippen LogP contribution in [0.4, 0.5) is 5.69 Å². The molecule has 0 saturated heterocycles. The van der Waals surface area contributed by atoms with Crippen molar-refractivity contribution in [3.05, 3.63) is 66.5 Å². The highest BCUT2D eigenvalue weighted by Crippen LogP contribution is 2.41. The van der Waals surface area contributed by atoms with Crippen molar-refractivity contribution in [1.29, 1.82) is 0 Å². The van der Waals surface area contributed by atoms with Crippen LogP contribution in [0.3, 0.4) is 0 Å². The number of amides is 1. The van der Waals surface area contributed by atoms with Gasteiger partial charge in [-0.15, -0.1) is 10.2 Å². The fourth-order valence-corrected chi connectivity index (χ4v) is 3.69. The molecule has 4 rings (SSSR count). The number of rotatable bonds is 6. The second kappa shape index (κ2) is 7.33. The minimum atomic E-state index is 0.0387. The highest BCUT2D eigenvalue weighted by molar-refractivity contribution is 7.99.